The summed E-state index contributed by atoms with van der Waals surface area (Å²) in [5.41, 5.74) is 1.63. The minimum absolute atomic E-state index is 0.0776. The van der Waals surface area contributed by atoms with E-state index in [1.54, 1.807) is 30.3 Å². The lowest BCUT2D eigenvalue weighted by molar-refractivity contribution is -0.192. The molecule has 218 valence electrons. The van der Waals surface area contributed by atoms with Gasteiger partial charge in [-0.2, -0.15) is 31.3 Å². The molecule has 0 unspecified atom stereocenters. The Kier molecular flexibility index (Phi) is 9.82. The largest absolute Gasteiger partial charge is 0.490 e. The van der Waals surface area contributed by atoms with Crippen LogP contribution in [0.4, 0.5) is 43.8 Å². The van der Waals surface area contributed by atoms with Gasteiger partial charge in [-0.05, 0) is 56.0 Å². The van der Waals surface area contributed by atoms with E-state index in [1.807, 2.05) is 0 Å². The lowest BCUT2D eigenvalue weighted by atomic mass is 9.84. The number of carbonyl (C=O) groups excluding carboxylic acids is 1. The maximum absolute atomic E-state index is 12.6. The molecule has 1 aromatic rings. The van der Waals surface area contributed by atoms with Crippen molar-refractivity contribution < 1.29 is 41.0 Å². The molecule has 1 fully saturated rings. The van der Waals surface area contributed by atoms with Crippen molar-refractivity contribution >= 4 is 29.3 Å². The second-order valence-corrected chi connectivity index (χ2v) is 9.28. The number of aliphatic carboxylic acids is 1. The van der Waals surface area contributed by atoms with Gasteiger partial charge in [0.25, 0.3) is 5.91 Å². The van der Waals surface area contributed by atoms with E-state index in [1.165, 1.54) is 25.5 Å². The van der Waals surface area contributed by atoms with Gasteiger partial charge in [0.2, 0.25) is 5.95 Å². The maximum atomic E-state index is 12.6. The number of fused-ring (bicyclic) bond motifs is 1. The fraction of sp³-hybridized carbons (Fsp3) is 0.440. The number of carboxylic acid groups (broad SMARTS) is 1. The lowest BCUT2D eigenvalue weighted by Crippen LogP contribution is -2.38. The van der Waals surface area contributed by atoms with Crippen LogP contribution in [-0.2, 0) is 4.79 Å². The van der Waals surface area contributed by atoms with E-state index >= 15 is 0 Å². The Morgan fingerprint density at radius 2 is 1.68 bits per heavy atom. The number of anilines is 3. The summed E-state index contributed by atoms with van der Waals surface area (Å²) in [4.78, 5) is 32.8. The zero-order valence-electron chi connectivity index (χ0n) is 21.3. The molecule has 2 aliphatic heterocycles. The van der Waals surface area contributed by atoms with E-state index in [-0.39, 0.29) is 23.7 Å². The fourth-order valence-electron chi connectivity index (χ4n) is 4.20. The Balaban J connectivity index is 0.000000559. The molecule has 40 heavy (non-hydrogen) atoms. The van der Waals surface area contributed by atoms with Gasteiger partial charge < -0.3 is 26.0 Å². The van der Waals surface area contributed by atoms with Crippen molar-refractivity contribution in [3.63, 3.8) is 0 Å². The maximum Gasteiger partial charge on any atom is 0.490 e. The van der Waals surface area contributed by atoms with E-state index in [0.717, 1.165) is 12.8 Å². The zero-order valence-corrected chi connectivity index (χ0v) is 21.3. The lowest BCUT2D eigenvalue weighted by Gasteiger charge is -2.28. The molecule has 1 saturated carbocycles. The molecule has 4 rings (SSSR count). The van der Waals surface area contributed by atoms with Crippen LogP contribution in [0.3, 0.4) is 0 Å². The third kappa shape index (κ3) is 9.02. The number of alkyl halides is 6. The van der Waals surface area contributed by atoms with Crippen LogP contribution in [0.1, 0.15) is 49.4 Å². The van der Waals surface area contributed by atoms with Gasteiger partial charge in [-0.15, -0.1) is 0 Å². The second-order valence-electron chi connectivity index (χ2n) is 9.28. The smallest absolute Gasteiger partial charge is 0.475 e. The third-order valence-corrected chi connectivity index (χ3v) is 6.24. The number of hydrogen-bond donors (Lipinski definition) is 5. The molecule has 15 heteroatoms. The van der Waals surface area contributed by atoms with Crippen molar-refractivity contribution in [3.05, 3.63) is 42.1 Å². The number of amides is 1. The first-order valence-electron chi connectivity index (χ1n) is 12.4. The van der Waals surface area contributed by atoms with Crippen molar-refractivity contribution in [2.45, 2.75) is 57.4 Å². The molecule has 1 amide bonds. The van der Waals surface area contributed by atoms with Crippen molar-refractivity contribution in [3.8, 4) is 11.4 Å². The molecule has 3 aliphatic rings. The van der Waals surface area contributed by atoms with Gasteiger partial charge in [0.15, 0.2) is 0 Å². The number of H-pyrrole nitrogens is 1. The summed E-state index contributed by atoms with van der Waals surface area (Å²) in [6, 6.07) is 8.56. The summed E-state index contributed by atoms with van der Waals surface area (Å²) in [5, 5.41) is 15.6. The highest BCUT2D eigenvalue weighted by Gasteiger charge is 2.38. The van der Waals surface area contributed by atoms with Crippen LogP contribution in [0, 0.1) is 5.92 Å². The number of aromatic nitrogens is 3. The SMILES string of the molecule is C[C@H](NC(=O)c1ccc(Nc2nc(NCC(F)(F)F)c3ccnc-3[nH]2)cc1)C1CCCCC1.O=C(O)C(F)(F)F. The average Bonchev–Trinajstić information content (AvgIpc) is 3.36. The number of rotatable bonds is 7. The summed E-state index contributed by atoms with van der Waals surface area (Å²) >= 11 is 0. The quantitative estimate of drug-likeness (QED) is 0.220. The Labute approximate surface area is 225 Å². The van der Waals surface area contributed by atoms with Crippen LogP contribution in [0.15, 0.2) is 36.5 Å². The van der Waals surface area contributed by atoms with Crippen molar-refractivity contribution in [2.75, 3.05) is 17.2 Å². The molecule has 1 atom stereocenters. The van der Waals surface area contributed by atoms with E-state index in [2.05, 4.69) is 37.8 Å². The highest BCUT2D eigenvalue weighted by molar-refractivity contribution is 5.94. The highest BCUT2D eigenvalue weighted by atomic mass is 19.4. The number of carboxylic acids is 1. The first-order valence-corrected chi connectivity index (χ1v) is 12.4. The summed E-state index contributed by atoms with van der Waals surface area (Å²) in [5.74, 6) is -1.64. The summed E-state index contributed by atoms with van der Waals surface area (Å²) in [7, 11) is 0. The summed E-state index contributed by atoms with van der Waals surface area (Å²) in [6.45, 7) is 0.857. The van der Waals surface area contributed by atoms with Crippen LogP contribution < -0.4 is 16.0 Å². The van der Waals surface area contributed by atoms with Crippen LogP contribution >= 0.6 is 0 Å². The molecule has 1 aromatic carbocycles. The fourth-order valence-corrected chi connectivity index (χ4v) is 4.20. The molecule has 1 aliphatic carbocycles. The van der Waals surface area contributed by atoms with Gasteiger partial charge in [-0.3, -0.25) is 4.79 Å². The minimum Gasteiger partial charge on any atom is -0.475 e. The van der Waals surface area contributed by atoms with Crippen LogP contribution in [0.5, 0.6) is 0 Å². The Morgan fingerprint density at radius 1 is 1.05 bits per heavy atom. The molecular formula is C25H28F6N6O3. The Morgan fingerprint density at radius 3 is 2.25 bits per heavy atom. The third-order valence-electron chi connectivity index (χ3n) is 6.24. The first kappa shape index (κ1) is 30.5. The molecule has 5 N–H and O–H groups in total. The van der Waals surface area contributed by atoms with Gasteiger partial charge in [-0.25, -0.2) is 9.78 Å². The highest BCUT2D eigenvalue weighted by Crippen LogP contribution is 2.30. The average molecular weight is 575 g/mol. The monoisotopic (exact) mass is 574 g/mol. The molecule has 0 bridgehead atoms. The molecule has 0 radical (unpaired) electrons. The normalized spacial score (nSPS) is 15.1. The Hall–Kier alpha value is -4.04. The number of carbonyl (C=O) groups is 2. The molecular weight excluding hydrogens is 546 g/mol. The van der Waals surface area contributed by atoms with E-state index < -0.39 is 24.9 Å². The van der Waals surface area contributed by atoms with Gasteiger partial charge in [-0.1, -0.05) is 19.3 Å². The van der Waals surface area contributed by atoms with Crippen LogP contribution in [-0.4, -0.2) is 56.9 Å². The van der Waals surface area contributed by atoms with Gasteiger partial charge >= 0.3 is 18.3 Å². The first-order chi connectivity index (χ1) is 18.7. The van der Waals surface area contributed by atoms with Crippen molar-refractivity contribution in [2.24, 2.45) is 5.92 Å². The van der Waals surface area contributed by atoms with E-state index in [9.17, 15) is 31.1 Å². The molecule has 0 aromatic heterocycles. The second kappa shape index (κ2) is 12.9. The zero-order chi connectivity index (χ0) is 29.5. The number of benzene rings is 1. The molecule has 9 nitrogen and oxygen atoms in total. The van der Waals surface area contributed by atoms with Gasteiger partial charge in [0.1, 0.15) is 18.2 Å². The summed E-state index contributed by atoms with van der Waals surface area (Å²) in [6.07, 6.45) is -1.95. The van der Waals surface area contributed by atoms with Crippen molar-refractivity contribution in [1.82, 2.24) is 20.3 Å². The minimum atomic E-state index is -5.08. The predicted molar refractivity (Wildman–Crippen MR) is 134 cm³/mol. The number of nitrogens with zero attached hydrogens (tertiary/aromatic N) is 2. The van der Waals surface area contributed by atoms with Gasteiger partial charge in [0, 0.05) is 23.5 Å². The topological polar surface area (TPSA) is 132 Å². The van der Waals surface area contributed by atoms with Crippen LogP contribution in [0.25, 0.3) is 11.4 Å². The van der Waals surface area contributed by atoms with Gasteiger partial charge in [0.05, 0.1) is 5.56 Å². The molecule has 2 heterocycles. The Bertz CT molecular complexity index is 1240. The standard InChI is InChI=1S/C23H27F3N6O.C2HF3O2/c1-14(15-5-3-2-4-6-15)29-21(33)16-7-9-17(10-8-16)30-22-31-19-18(11-12-27-19)20(32-22)28-13-23(24,25)26;3-2(4,5)1(6)7/h7-12,14-15H,2-6,13H2,1H3,(H,29,33)(H3,27,28,30,31,32);(H,6,7)/t14-;/m0./s1. The van der Waals surface area contributed by atoms with Crippen LogP contribution in [0.2, 0.25) is 0 Å². The van der Waals surface area contributed by atoms with E-state index in [0.29, 0.717) is 28.6 Å². The summed E-state index contributed by atoms with van der Waals surface area (Å²) < 4.78 is 69.7. The van der Waals surface area contributed by atoms with E-state index in [4.69, 9.17) is 9.90 Å². The molecule has 0 saturated heterocycles. The number of hydrogen-bond acceptors (Lipinski definition) is 6. The molecule has 0 spiro atoms. The predicted octanol–water partition coefficient (Wildman–Crippen LogP) is 5.96. The van der Waals surface area contributed by atoms with Crippen molar-refractivity contribution in [1.29, 1.82) is 0 Å². The number of halogens is 6. The number of aromatic amines is 1. The number of nitrogens with one attached hydrogen (secondary N) is 4.